The molecule has 12 heteroatoms. The van der Waals surface area contributed by atoms with E-state index >= 15 is 0 Å². The summed E-state index contributed by atoms with van der Waals surface area (Å²) >= 11 is 0.732. The quantitative estimate of drug-likeness (QED) is 0.207. The number of nitro benzene ring substituents is 2. The van der Waals surface area contributed by atoms with Gasteiger partial charge in [-0.3, -0.25) is 34.7 Å². The number of hydrogen-bond acceptors (Lipinski definition) is 9. The number of nitro groups is 2. The molecule has 37 heavy (non-hydrogen) atoms. The number of methoxy groups -OCH3 is 1. The van der Waals surface area contributed by atoms with Crippen LogP contribution in [-0.4, -0.2) is 33.0 Å². The Bertz CT molecular complexity index is 1440. The van der Waals surface area contributed by atoms with E-state index in [2.05, 4.69) is 0 Å². The van der Waals surface area contributed by atoms with Gasteiger partial charge in [0.15, 0.2) is 11.5 Å². The summed E-state index contributed by atoms with van der Waals surface area (Å²) in [4.78, 5) is 48.0. The van der Waals surface area contributed by atoms with Gasteiger partial charge in [-0.15, -0.1) is 0 Å². The molecule has 3 aromatic carbocycles. The van der Waals surface area contributed by atoms with Crippen LogP contribution in [0, 0.1) is 20.2 Å². The average Bonchev–Trinajstić information content (AvgIpc) is 3.15. The maximum absolute atomic E-state index is 12.9. The Morgan fingerprint density at radius 3 is 2.16 bits per heavy atom. The molecule has 188 valence electrons. The van der Waals surface area contributed by atoms with E-state index in [0.717, 1.165) is 16.7 Å². The molecule has 0 aliphatic carbocycles. The van der Waals surface area contributed by atoms with Crippen LogP contribution in [0.15, 0.2) is 71.6 Å². The van der Waals surface area contributed by atoms with Gasteiger partial charge in [0.25, 0.3) is 22.5 Å². The smallest absolute Gasteiger partial charge is 0.293 e. The summed E-state index contributed by atoms with van der Waals surface area (Å²) in [5, 5.41) is 22.0. The number of carbonyl (C=O) groups excluding carboxylic acids is 2. The molecular formula is C25H19N3O8S. The minimum Gasteiger partial charge on any atom is -0.493 e. The van der Waals surface area contributed by atoms with Crippen LogP contribution in [0.1, 0.15) is 16.7 Å². The molecule has 0 spiro atoms. The van der Waals surface area contributed by atoms with Crippen molar-refractivity contribution in [2.24, 2.45) is 0 Å². The summed E-state index contributed by atoms with van der Waals surface area (Å²) in [6.45, 7) is -0.280. The number of carbonyl (C=O) groups is 2. The fourth-order valence-corrected chi connectivity index (χ4v) is 4.48. The first-order valence-corrected chi connectivity index (χ1v) is 11.6. The van der Waals surface area contributed by atoms with Crippen molar-refractivity contribution in [3.05, 3.63) is 109 Å². The lowest BCUT2D eigenvalue weighted by atomic mass is 10.1. The molecule has 2 amide bonds. The lowest BCUT2D eigenvalue weighted by Crippen LogP contribution is -2.27. The van der Waals surface area contributed by atoms with E-state index in [4.69, 9.17) is 9.47 Å². The van der Waals surface area contributed by atoms with E-state index < -0.39 is 21.0 Å². The highest BCUT2D eigenvalue weighted by Gasteiger charge is 2.36. The summed E-state index contributed by atoms with van der Waals surface area (Å²) < 4.78 is 11.1. The van der Waals surface area contributed by atoms with Gasteiger partial charge in [0, 0.05) is 17.7 Å². The molecular weight excluding hydrogens is 502 g/mol. The van der Waals surface area contributed by atoms with Crippen LogP contribution in [0.3, 0.4) is 0 Å². The topological polar surface area (TPSA) is 142 Å². The first-order chi connectivity index (χ1) is 17.8. The number of amides is 2. The van der Waals surface area contributed by atoms with Gasteiger partial charge >= 0.3 is 0 Å². The van der Waals surface area contributed by atoms with Crippen molar-refractivity contribution in [3.63, 3.8) is 0 Å². The second-order valence-corrected chi connectivity index (χ2v) is 8.73. The fraction of sp³-hybridized carbons (Fsp3) is 0.120. The molecule has 1 fully saturated rings. The highest BCUT2D eigenvalue weighted by molar-refractivity contribution is 8.18. The Labute approximate surface area is 214 Å². The van der Waals surface area contributed by atoms with Crippen molar-refractivity contribution >= 4 is 40.4 Å². The predicted octanol–water partition coefficient (Wildman–Crippen LogP) is 5.33. The van der Waals surface area contributed by atoms with Gasteiger partial charge in [0.05, 0.1) is 34.0 Å². The molecule has 1 heterocycles. The third kappa shape index (κ3) is 5.59. The van der Waals surface area contributed by atoms with Crippen molar-refractivity contribution in [1.29, 1.82) is 0 Å². The SMILES string of the molecule is COc1cc(/C=C2\SC(=O)N(Cc3ccccc3[N+](=O)[O-])C2=O)ccc1OCc1ccccc1[N+](=O)[O-]. The number of thioether (sulfide) groups is 1. The Hall–Kier alpha value is -4.71. The zero-order valence-electron chi connectivity index (χ0n) is 19.4. The normalized spacial score (nSPS) is 14.2. The van der Waals surface area contributed by atoms with Gasteiger partial charge < -0.3 is 9.47 Å². The number of rotatable bonds is 9. The van der Waals surface area contributed by atoms with Crippen molar-refractivity contribution in [3.8, 4) is 11.5 Å². The molecule has 4 rings (SSSR count). The summed E-state index contributed by atoms with van der Waals surface area (Å²) in [5.41, 5.74) is 0.955. The van der Waals surface area contributed by atoms with Gasteiger partial charge in [-0.2, -0.15) is 0 Å². The first-order valence-electron chi connectivity index (χ1n) is 10.8. The molecule has 0 N–H and O–H groups in total. The second-order valence-electron chi connectivity index (χ2n) is 7.74. The van der Waals surface area contributed by atoms with E-state index in [9.17, 15) is 29.8 Å². The molecule has 11 nitrogen and oxygen atoms in total. The molecule has 1 aliphatic rings. The highest BCUT2D eigenvalue weighted by Crippen LogP contribution is 2.36. The second kappa shape index (κ2) is 10.9. The minimum atomic E-state index is -0.566. The van der Waals surface area contributed by atoms with Crippen LogP contribution in [0.25, 0.3) is 6.08 Å². The molecule has 0 saturated carbocycles. The Morgan fingerprint density at radius 1 is 0.892 bits per heavy atom. The monoisotopic (exact) mass is 521 g/mol. The number of hydrogen-bond donors (Lipinski definition) is 0. The average molecular weight is 522 g/mol. The van der Waals surface area contributed by atoms with Gasteiger partial charge in [-0.1, -0.05) is 36.4 Å². The van der Waals surface area contributed by atoms with Crippen LogP contribution in [-0.2, 0) is 17.9 Å². The lowest BCUT2D eigenvalue weighted by molar-refractivity contribution is -0.385. The van der Waals surface area contributed by atoms with E-state index in [1.54, 1.807) is 42.5 Å². The largest absolute Gasteiger partial charge is 0.493 e. The predicted molar refractivity (Wildman–Crippen MR) is 135 cm³/mol. The summed E-state index contributed by atoms with van der Waals surface area (Å²) in [6.07, 6.45) is 1.51. The van der Waals surface area contributed by atoms with Crippen LogP contribution in [0.2, 0.25) is 0 Å². The summed E-state index contributed by atoms with van der Waals surface area (Å²) in [5.74, 6) is 0.0950. The van der Waals surface area contributed by atoms with E-state index in [1.165, 1.54) is 37.5 Å². The third-order valence-corrected chi connectivity index (χ3v) is 6.35. The highest BCUT2D eigenvalue weighted by atomic mass is 32.2. The molecule has 1 saturated heterocycles. The lowest BCUT2D eigenvalue weighted by Gasteiger charge is -2.13. The van der Waals surface area contributed by atoms with Crippen LogP contribution in [0.5, 0.6) is 11.5 Å². The van der Waals surface area contributed by atoms with Crippen molar-refractivity contribution in [1.82, 2.24) is 4.90 Å². The zero-order chi connectivity index (χ0) is 26.5. The van der Waals surface area contributed by atoms with Gasteiger partial charge in [-0.25, -0.2) is 0 Å². The summed E-state index contributed by atoms with van der Waals surface area (Å²) in [7, 11) is 1.43. The minimum absolute atomic E-state index is 0.0582. The van der Waals surface area contributed by atoms with E-state index in [1.807, 2.05) is 0 Å². The molecule has 1 aliphatic heterocycles. The number of nitrogens with zero attached hydrogens (tertiary/aromatic N) is 3. The maximum atomic E-state index is 12.9. The molecule has 0 aromatic heterocycles. The fourth-order valence-electron chi connectivity index (χ4n) is 3.64. The maximum Gasteiger partial charge on any atom is 0.293 e. The Balaban J connectivity index is 1.51. The Morgan fingerprint density at radius 2 is 1.51 bits per heavy atom. The van der Waals surface area contributed by atoms with Gasteiger partial charge in [-0.05, 0) is 41.6 Å². The van der Waals surface area contributed by atoms with E-state index in [0.29, 0.717) is 22.6 Å². The third-order valence-electron chi connectivity index (χ3n) is 5.45. The number of para-hydroxylation sites is 2. The molecule has 0 unspecified atom stereocenters. The van der Waals surface area contributed by atoms with Crippen LogP contribution in [0.4, 0.5) is 16.2 Å². The Kier molecular flexibility index (Phi) is 7.49. The standard InChI is InChI=1S/C25H19N3O8S/c1-35-22-12-16(10-11-21(22)36-15-18-7-3-5-9-20(18)28(33)34)13-23-24(29)26(25(30)37-23)14-17-6-2-4-8-19(17)27(31)32/h2-13H,14-15H2,1H3/b23-13-. The number of imide groups is 1. The molecule has 3 aromatic rings. The number of ether oxygens (including phenoxy) is 2. The molecule has 0 bridgehead atoms. The van der Waals surface area contributed by atoms with Crippen LogP contribution < -0.4 is 9.47 Å². The summed E-state index contributed by atoms with van der Waals surface area (Å²) in [6, 6.07) is 17.0. The molecule has 0 radical (unpaired) electrons. The van der Waals surface area contributed by atoms with Crippen molar-refractivity contribution < 1.29 is 28.9 Å². The number of benzene rings is 3. The van der Waals surface area contributed by atoms with Crippen LogP contribution >= 0.6 is 11.8 Å². The first kappa shape index (κ1) is 25.4. The molecule has 0 atom stereocenters. The van der Waals surface area contributed by atoms with Gasteiger partial charge in [0.1, 0.15) is 6.61 Å². The zero-order valence-corrected chi connectivity index (χ0v) is 20.2. The van der Waals surface area contributed by atoms with E-state index in [-0.39, 0.29) is 35.0 Å². The van der Waals surface area contributed by atoms with Gasteiger partial charge in [0.2, 0.25) is 0 Å². The van der Waals surface area contributed by atoms with Crippen molar-refractivity contribution in [2.75, 3.05) is 7.11 Å². The van der Waals surface area contributed by atoms with Crippen molar-refractivity contribution in [2.45, 2.75) is 13.2 Å².